The van der Waals surface area contributed by atoms with Crippen LogP contribution < -0.4 is 10.7 Å². The van der Waals surface area contributed by atoms with Gasteiger partial charge in [0.05, 0.1) is 0 Å². The van der Waals surface area contributed by atoms with Gasteiger partial charge >= 0.3 is 0 Å². The van der Waals surface area contributed by atoms with E-state index >= 15 is 0 Å². The molecule has 0 radical (unpaired) electrons. The lowest BCUT2D eigenvalue weighted by atomic mass is 9.88. The predicted octanol–water partition coefficient (Wildman–Crippen LogP) is 2.16. The lowest BCUT2D eigenvalue weighted by Gasteiger charge is -2.25. The number of alkyl halides is 1. The maximum atomic E-state index is 12.2. The summed E-state index contributed by atoms with van der Waals surface area (Å²) >= 11 is 9.84. The first kappa shape index (κ1) is 14.3. The molecule has 2 saturated heterocycles. The molecule has 0 spiro atoms. The van der Waals surface area contributed by atoms with Crippen LogP contribution in [0.4, 0.5) is 0 Å². The average Bonchev–Trinajstić information content (AvgIpc) is 2.86. The summed E-state index contributed by atoms with van der Waals surface area (Å²) < 4.78 is 0.443. The third kappa shape index (κ3) is 3.35. The van der Waals surface area contributed by atoms with E-state index in [9.17, 15) is 4.79 Å². The second kappa shape index (κ2) is 6.02. The SMILES string of the molecule is CC1CN2NC(NC(=O)C3CCC(Cl)CC3)SC2S1. The minimum Gasteiger partial charge on any atom is -0.330 e. The van der Waals surface area contributed by atoms with Crippen LogP contribution in [-0.4, -0.2) is 38.3 Å². The zero-order valence-corrected chi connectivity index (χ0v) is 13.4. The quantitative estimate of drug-likeness (QED) is 0.763. The highest BCUT2D eigenvalue weighted by atomic mass is 35.5. The first-order valence-corrected chi connectivity index (χ1v) is 9.22. The number of halogens is 1. The highest BCUT2D eigenvalue weighted by Crippen LogP contribution is 2.41. The van der Waals surface area contributed by atoms with E-state index in [-0.39, 0.29) is 22.7 Å². The van der Waals surface area contributed by atoms with Gasteiger partial charge < -0.3 is 5.32 Å². The summed E-state index contributed by atoms with van der Waals surface area (Å²) in [6.45, 7) is 3.29. The molecule has 2 N–H and O–H groups in total. The van der Waals surface area contributed by atoms with E-state index in [4.69, 9.17) is 11.6 Å². The van der Waals surface area contributed by atoms with Gasteiger partial charge in [0.15, 0.2) is 0 Å². The maximum absolute atomic E-state index is 12.2. The lowest BCUT2D eigenvalue weighted by Crippen LogP contribution is -2.47. The number of rotatable bonds is 2. The number of fused-ring (bicyclic) bond motifs is 1. The summed E-state index contributed by atoms with van der Waals surface area (Å²) in [4.78, 5) is 12.2. The number of nitrogens with one attached hydrogen (secondary N) is 2. The summed E-state index contributed by atoms with van der Waals surface area (Å²) in [6, 6.07) is 0. The molecule has 1 saturated carbocycles. The fourth-order valence-corrected chi connectivity index (χ4v) is 6.08. The molecule has 1 aliphatic carbocycles. The van der Waals surface area contributed by atoms with Gasteiger partial charge in [-0.15, -0.1) is 23.4 Å². The number of carbonyl (C=O) groups excluding carboxylic acids is 1. The maximum Gasteiger partial charge on any atom is 0.225 e. The van der Waals surface area contributed by atoms with E-state index in [1.165, 1.54) is 0 Å². The Balaban J connectivity index is 1.46. The van der Waals surface area contributed by atoms with Crippen LogP contribution in [0.25, 0.3) is 0 Å². The fraction of sp³-hybridized carbons (Fsp3) is 0.917. The zero-order chi connectivity index (χ0) is 13.4. The number of carbonyl (C=O) groups is 1. The van der Waals surface area contributed by atoms with Gasteiger partial charge in [-0.2, -0.15) is 0 Å². The minimum absolute atomic E-state index is 0.0335. The van der Waals surface area contributed by atoms with Crippen molar-refractivity contribution in [1.29, 1.82) is 0 Å². The van der Waals surface area contributed by atoms with Crippen LogP contribution in [0, 0.1) is 5.92 Å². The Hall–Kier alpha value is 0.380. The normalized spacial score (nSPS) is 43.2. The Kier molecular flexibility index (Phi) is 4.53. The molecule has 0 bridgehead atoms. The van der Waals surface area contributed by atoms with Crippen molar-refractivity contribution in [2.75, 3.05) is 6.54 Å². The van der Waals surface area contributed by atoms with Gasteiger partial charge in [0, 0.05) is 23.1 Å². The van der Waals surface area contributed by atoms with Crippen LogP contribution in [0.1, 0.15) is 32.6 Å². The predicted molar refractivity (Wildman–Crippen MR) is 81.8 cm³/mol. The number of hydrogen-bond acceptors (Lipinski definition) is 5. The smallest absolute Gasteiger partial charge is 0.225 e. The monoisotopic (exact) mass is 321 g/mol. The molecule has 19 heavy (non-hydrogen) atoms. The largest absolute Gasteiger partial charge is 0.330 e. The van der Waals surface area contributed by atoms with E-state index in [1.807, 2.05) is 11.8 Å². The second-order valence-electron chi connectivity index (χ2n) is 5.51. The summed E-state index contributed by atoms with van der Waals surface area (Å²) in [5.74, 6) is 0.340. The zero-order valence-electron chi connectivity index (χ0n) is 11.0. The van der Waals surface area contributed by atoms with Gasteiger partial charge in [-0.05, 0) is 25.7 Å². The van der Waals surface area contributed by atoms with E-state index in [0.717, 1.165) is 32.2 Å². The molecule has 3 rings (SSSR count). The van der Waals surface area contributed by atoms with E-state index < -0.39 is 0 Å². The lowest BCUT2D eigenvalue weighted by molar-refractivity contribution is -0.126. The van der Waals surface area contributed by atoms with Crippen LogP contribution in [-0.2, 0) is 4.79 Å². The molecule has 4 nitrogen and oxygen atoms in total. The summed E-state index contributed by atoms with van der Waals surface area (Å²) in [5, 5.41) is 6.30. The Morgan fingerprint density at radius 2 is 2.05 bits per heavy atom. The van der Waals surface area contributed by atoms with Crippen LogP contribution in [0.2, 0.25) is 0 Å². The van der Waals surface area contributed by atoms with Crippen LogP contribution in [0.5, 0.6) is 0 Å². The number of nitrogens with zero attached hydrogens (tertiary/aromatic N) is 1. The second-order valence-corrected chi connectivity index (χ2v) is 9.14. The van der Waals surface area contributed by atoms with E-state index in [0.29, 0.717) is 9.96 Å². The standard InChI is InChI=1S/C12H20ClN3OS2/c1-7-6-16-12(18-7)19-11(15-16)14-10(17)8-2-4-9(13)5-3-8/h7-9,11-12,15H,2-6H2,1H3,(H,14,17). The summed E-state index contributed by atoms with van der Waals surface area (Å²) in [7, 11) is 0. The van der Waals surface area contributed by atoms with Crippen molar-refractivity contribution in [3.8, 4) is 0 Å². The molecule has 3 atom stereocenters. The Bertz CT molecular complexity index is 338. The molecular weight excluding hydrogens is 302 g/mol. The van der Waals surface area contributed by atoms with Crippen molar-refractivity contribution in [1.82, 2.24) is 15.8 Å². The highest BCUT2D eigenvalue weighted by molar-refractivity contribution is 8.17. The van der Waals surface area contributed by atoms with Crippen molar-refractivity contribution < 1.29 is 4.79 Å². The van der Waals surface area contributed by atoms with Crippen molar-refractivity contribution in [3.05, 3.63) is 0 Å². The molecule has 1 amide bonds. The van der Waals surface area contributed by atoms with Gasteiger partial charge in [0.2, 0.25) is 5.91 Å². The topological polar surface area (TPSA) is 44.4 Å². The van der Waals surface area contributed by atoms with E-state index in [1.54, 1.807) is 11.8 Å². The minimum atomic E-state index is 0.0335. The molecule has 3 fully saturated rings. The molecule has 108 valence electrons. The van der Waals surface area contributed by atoms with Gasteiger partial charge in [0.25, 0.3) is 0 Å². The van der Waals surface area contributed by atoms with Gasteiger partial charge in [-0.1, -0.05) is 18.7 Å². The van der Waals surface area contributed by atoms with Crippen molar-refractivity contribution in [3.63, 3.8) is 0 Å². The molecule has 3 unspecified atom stereocenters. The van der Waals surface area contributed by atoms with Crippen LogP contribution in [0.15, 0.2) is 0 Å². The Labute approximate surface area is 127 Å². The first-order valence-electron chi connectivity index (χ1n) is 6.90. The van der Waals surface area contributed by atoms with Crippen molar-refractivity contribution in [2.24, 2.45) is 5.92 Å². The van der Waals surface area contributed by atoms with Gasteiger partial charge in [0.1, 0.15) is 10.2 Å². The number of hydrazine groups is 1. The molecule has 0 aromatic rings. The number of hydrogen-bond donors (Lipinski definition) is 2. The first-order chi connectivity index (χ1) is 9.11. The van der Waals surface area contributed by atoms with Gasteiger partial charge in [-0.3, -0.25) is 4.79 Å². The molecule has 2 aliphatic heterocycles. The molecule has 2 heterocycles. The Morgan fingerprint density at radius 3 is 2.74 bits per heavy atom. The van der Waals surface area contributed by atoms with Crippen LogP contribution >= 0.6 is 35.1 Å². The number of thioether (sulfide) groups is 2. The highest BCUT2D eigenvalue weighted by Gasteiger charge is 2.40. The molecule has 3 aliphatic rings. The summed E-state index contributed by atoms with van der Waals surface area (Å²) in [5.41, 5.74) is 3.41. The Morgan fingerprint density at radius 1 is 1.32 bits per heavy atom. The molecule has 0 aromatic carbocycles. The van der Waals surface area contributed by atoms with Crippen molar-refractivity contribution in [2.45, 2.75) is 53.4 Å². The van der Waals surface area contributed by atoms with Crippen LogP contribution in [0.3, 0.4) is 0 Å². The third-order valence-corrected chi connectivity index (χ3v) is 7.08. The van der Waals surface area contributed by atoms with E-state index in [2.05, 4.69) is 22.7 Å². The van der Waals surface area contributed by atoms with Gasteiger partial charge in [-0.25, -0.2) is 10.4 Å². The van der Waals surface area contributed by atoms with Crippen molar-refractivity contribution >= 4 is 41.0 Å². The summed E-state index contributed by atoms with van der Waals surface area (Å²) in [6.07, 6.45) is 3.78. The molecular formula is C12H20ClN3OS2. The average molecular weight is 322 g/mol. The molecule has 7 heteroatoms. The molecule has 0 aromatic heterocycles. The fourth-order valence-electron chi connectivity index (χ4n) is 2.82. The third-order valence-electron chi connectivity index (χ3n) is 3.89. The number of amides is 1.